The van der Waals surface area contributed by atoms with Crippen molar-refractivity contribution in [1.82, 2.24) is 9.80 Å². The van der Waals surface area contributed by atoms with Gasteiger partial charge in [-0.3, -0.25) is 4.79 Å². The number of aliphatic carboxylic acids is 1. The highest BCUT2D eigenvalue weighted by Gasteiger charge is 2.21. The third-order valence-corrected chi connectivity index (χ3v) is 2.35. The second-order valence-corrected chi connectivity index (χ2v) is 3.76. The number of likely N-dealkylation sites (N-methyl/N-ethyl adjacent to an activating group) is 1. The smallest absolute Gasteiger partial charge is 0.323 e. The topological polar surface area (TPSA) is 84.6 Å². The lowest BCUT2D eigenvalue weighted by molar-refractivity contribution is -0.137. The van der Waals surface area contributed by atoms with Crippen molar-refractivity contribution in [3.63, 3.8) is 0 Å². The second kappa shape index (κ2) is 7.49. The van der Waals surface area contributed by atoms with Gasteiger partial charge in [0.25, 0.3) is 0 Å². The Morgan fingerprint density at radius 2 is 1.82 bits per heavy atom. The molecule has 96 valence electrons. The fourth-order valence-corrected chi connectivity index (χ4v) is 1.39. The summed E-state index contributed by atoms with van der Waals surface area (Å²) in [5.74, 6) is -1.30. The maximum Gasteiger partial charge on any atom is 0.323 e. The van der Waals surface area contributed by atoms with E-state index in [0.717, 1.165) is 0 Å². The molecule has 0 spiro atoms. The molecule has 0 fully saturated rings. The number of carbonyl (C=O) groups is 2. The summed E-state index contributed by atoms with van der Waals surface area (Å²) in [4.78, 5) is 25.3. The number of nitriles is 1. The zero-order chi connectivity index (χ0) is 13.4. The largest absolute Gasteiger partial charge is 0.480 e. The van der Waals surface area contributed by atoms with Crippen LogP contribution in [0.5, 0.6) is 0 Å². The van der Waals surface area contributed by atoms with E-state index in [-0.39, 0.29) is 18.5 Å². The van der Waals surface area contributed by atoms with Crippen molar-refractivity contribution in [2.45, 2.75) is 20.8 Å². The fraction of sp³-hybridized carbons (Fsp3) is 0.727. The van der Waals surface area contributed by atoms with Crippen LogP contribution in [0.1, 0.15) is 20.8 Å². The fourth-order valence-electron chi connectivity index (χ4n) is 1.39. The molecule has 0 saturated heterocycles. The molecule has 17 heavy (non-hydrogen) atoms. The maximum atomic E-state index is 12.0. The van der Waals surface area contributed by atoms with Crippen LogP contribution in [-0.2, 0) is 4.79 Å². The minimum atomic E-state index is -1.04. The Kier molecular flexibility index (Phi) is 6.71. The van der Waals surface area contributed by atoms with Gasteiger partial charge in [-0.1, -0.05) is 0 Å². The first-order chi connectivity index (χ1) is 7.96. The van der Waals surface area contributed by atoms with Crippen molar-refractivity contribution in [2.24, 2.45) is 5.92 Å². The maximum absolute atomic E-state index is 12.0. The third-order valence-electron chi connectivity index (χ3n) is 2.35. The van der Waals surface area contributed by atoms with Crippen LogP contribution >= 0.6 is 0 Å². The molecule has 0 radical (unpaired) electrons. The average molecular weight is 241 g/mol. The van der Waals surface area contributed by atoms with Crippen LogP contribution in [0.4, 0.5) is 4.79 Å². The number of urea groups is 1. The summed E-state index contributed by atoms with van der Waals surface area (Å²) in [7, 11) is 0. The minimum absolute atomic E-state index is 0.262. The monoisotopic (exact) mass is 241 g/mol. The third kappa shape index (κ3) is 5.20. The second-order valence-electron chi connectivity index (χ2n) is 3.76. The molecular formula is C11H19N3O3. The molecule has 2 amide bonds. The van der Waals surface area contributed by atoms with Crippen molar-refractivity contribution in [2.75, 3.05) is 26.2 Å². The van der Waals surface area contributed by atoms with Crippen LogP contribution in [0.15, 0.2) is 0 Å². The lowest BCUT2D eigenvalue weighted by atomic mass is 10.2. The molecular weight excluding hydrogens is 222 g/mol. The Morgan fingerprint density at radius 1 is 1.29 bits per heavy atom. The molecule has 0 aliphatic heterocycles. The van der Waals surface area contributed by atoms with Crippen molar-refractivity contribution in [1.29, 1.82) is 5.26 Å². The van der Waals surface area contributed by atoms with Crippen molar-refractivity contribution >= 4 is 12.0 Å². The molecule has 1 unspecified atom stereocenters. The van der Waals surface area contributed by atoms with Gasteiger partial charge in [0.15, 0.2) is 0 Å². The molecule has 1 N–H and O–H groups in total. The number of hydrogen-bond acceptors (Lipinski definition) is 3. The minimum Gasteiger partial charge on any atom is -0.480 e. The lowest BCUT2D eigenvalue weighted by Gasteiger charge is -2.28. The van der Waals surface area contributed by atoms with Crippen molar-refractivity contribution in [3.05, 3.63) is 0 Å². The normalized spacial score (nSPS) is 11.4. The van der Waals surface area contributed by atoms with Crippen LogP contribution in [0.3, 0.4) is 0 Å². The number of nitrogens with zero attached hydrogens (tertiary/aromatic N) is 3. The van der Waals surface area contributed by atoms with Crippen molar-refractivity contribution in [3.8, 4) is 6.07 Å². The van der Waals surface area contributed by atoms with E-state index in [4.69, 9.17) is 10.4 Å². The highest BCUT2D eigenvalue weighted by atomic mass is 16.4. The lowest BCUT2D eigenvalue weighted by Crippen LogP contribution is -2.46. The van der Waals surface area contributed by atoms with E-state index in [1.54, 1.807) is 20.8 Å². The summed E-state index contributed by atoms with van der Waals surface area (Å²) in [5.41, 5.74) is 0. The van der Waals surface area contributed by atoms with Crippen LogP contribution in [0.25, 0.3) is 0 Å². The number of rotatable bonds is 6. The number of hydrogen-bond donors (Lipinski definition) is 1. The van der Waals surface area contributed by atoms with E-state index in [0.29, 0.717) is 19.6 Å². The first-order valence-corrected chi connectivity index (χ1v) is 5.61. The Morgan fingerprint density at radius 3 is 2.18 bits per heavy atom. The average Bonchev–Trinajstić information content (AvgIpc) is 2.31. The van der Waals surface area contributed by atoms with Crippen LogP contribution in [0.2, 0.25) is 0 Å². The summed E-state index contributed by atoms with van der Waals surface area (Å²) >= 11 is 0. The van der Waals surface area contributed by atoms with Gasteiger partial charge in [0.2, 0.25) is 0 Å². The molecule has 1 atom stereocenters. The zero-order valence-corrected chi connectivity index (χ0v) is 10.5. The molecule has 0 aromatic rings. The Bertz CT molecular complexity index is 312. The van der Waals surface area contributed by atoms with Crippen LogP contribution < -0.4 is 0 Å². The summed E-state index contributed by atoms with van der Waals surface area (Å²) in [6.07, 6.45) is 0. The summed E-state index contributed by atoms with van der Waals surface area (Å²) < 4.78 is 0. The van der Waals surface area contributed by atoms with Gasteiger partial charge in [0.05, 0.1) is 12.0 Å². The predicted octanol–water partition coefficient (Wildman–Crippen LogP) is 0.994. The molecule has 0 aromatic carbocycles. The van der Waals surface area contributed by atoms with Gasteiger partial charge in [-0.2, -0.15) is 5.26 Å². The predicted molar refractivity (Wildman–Crippen MR) is 62.3 cm³/mol. The van der Waals surface area contributed by atoms with Crippen LogP contribution in [0, 0.1) is 17.2 Å². The molecule has 6 nitrogen and oxygen atoms in total. The Hall–Kier alpha value is -1.77. The number of amides is 2. The summed E-state index contributed by atoms with van der Waals surface area (Å²) in [6.45, 7) is 6.06. The van der Waals surface area contributed by atoms with Gasteiger partial charge in [-0.25, -0.2) is 4.79 Å². The van der Waals surface area contributed by atoms with Gasteiger partial charge < -0.3 is 14.9 Å². The molecule has 0 saturated carbocycles. The molecule has 6 heteroatoms. The van der Waals surface area contributed by atoms with Crippen LogP contribution in [-0.4, -0.2) is 53.1 Å². The summed E-state index contributed by atoms with van der Waals surface area (Å²) in [6, 6.07) is 1.72. The molecule has 0 aliphatic carbocycles. The number of carbonyl (C=O) groups excluding carboxylic acids is 1. The zero-order valence-electron chi connectivity index (χ0n) is 10.5. The molecule has 0 heterocycles. The van der Waals surface area contributed by atoms with Gasteiger partial charge >= 0.3 is 12.0 Å². The number of carboxylic acid groups (broad SMARTS) is 1. The highest BCUT2D eigenvalue weighted by Crippen LogP contribution is 2.04. The molecule has 0 aromatic heterocycles. The van der Waals surface area contributed by atoms with E-state index in [2.05, 4.69) is 6.07 Å². The van der Waals surface area contributed by atoms with Gasteiger partial charge in [-0.15, -0.1) is 0 Å². The standard InChI is InChI=1S/C11H19N3O3/c1-4-13(7-9(3)6-12)11(17)14(5-2)8-10(15)16/h9H,4-5,7-8H2,1-3H3,(H,15,16). The first-order valence-electron chi connectivity index (χ1n) is 5.61. The van der Waals surface area contributed by atoms with E-state index < -0.39 is 5.97 Å². The van der Waals surface area contributed by atoms with E-state index in [1.807, 2.05) is 0 Å². The first kappa shape index (κ1) is 15.2. The van der Waals surface area contributed by atoms with E-state index in [1.165, 1.54) is 9.80 Å². The SMILES string of the molecule is CCN(CC(=O)O)C(=O)N(CC)CC(C)C#N. The van der Waals surface area contributed by atoms with Gasteiger partial charge in [-0.05, 0) is 20.8 Å². The van der Waals surface area contributed by atoms with Crippen molar-refractivity contribution < 1.29 is 14.7 Å². The Labute approximate surface area is 101 Å². The molecule has 0 bridgehead atoms. The van der Waals surface area contributed by atoms with Gasteiger partial charge in [0, 0.05) is 19.6 Å². The molecule has 0 rings (SSSR count). The van der Waals surface area contributed by atoms with E-state index in [9.17, 15) is 9.59 Å². The Balaban J connectivity index is 4.60. The quantitative estimate of drug-likeness (QED) is 0.751. The van der Waals surface area contributed by atoms with Gasteiger partial charge in [0.1, 0.15) is 6.54 Å². The number of carboxylic acids is 1. The summed E-state index contributed by atoms with van der Waals surface area (Å²) in [5, 5.41) is 17.4. The highest BCUT2D eigenvalue weighted by molar-refractivity contribution is 5.80. The molecule has 0 aliphatic rings. The van der Waals surface area contributed by atoms with E-state index >= 15 is 0 Å².